The van der Waals surface area contributed by atoms with Crippen LogP contribution in [0.5, 0.6) is 11.5 Å². The van der Waals surface area contributed by atoms with E-state index in [1.165, 1.54) is 24.5 Å². The van der Waals surface area contributed by atoms with Gasteiger partial charge in [0.15, 0.2) is 4.96 Å². The molecule has 1 fully saturated rings. The number of rotatable bonds is 4. The summed E-state index contributed by atoms with van der Waals surface area (Å²) < 4.78 is 12.5. The highest BCUT2D eigenvalue weighted by molar-refractivity contribution is 7.15. The number of hydrogen-bond donors (Lipinski definition) is 2. The van der Waals surface area contributed by atoms with E-state index in [-0.39, 0.29) is 5.57 Å². The number of nitrogens with zero attached hydrogens (tertiary/aromatic N) is 2. The molecule has 4 amide bonds. The van der Waals surface area contributed by atoms with Crippen molar-refractivity contribution in [2.75, 3.05) is 14.2 Å². The predicted molar refractivity (Wildman–Crippen MR) is 101 cm³/mol. The molecule has 1 aromatic carbocycles. The quantitative estimate of drug-likeness (QED) is 0.512. The predicted octanol–water partition coefficient (Wildman–Crippen LogP) is 1.83. The van der Waals surface area contributed by atoms with Gasteiger partial charge in [-0.15, -0.1) is 11.3 Å². The van der Waals surface area contributed by atoms with Gasteiger partial charge in [0.25, 0.3) is 11.8 Å². The topological polar surface area (TPSA) is 111 Å². The SMILES string of the molecule is COc1ccc(-c2nc3sccn3c2C=C2C(=O)NC(=O)NC2=O)c(OC)c1. The summed E-state index contributed by atoms with van der Waals surface area (Å²) in [7, 11) is 3.08. The van der Waals surface area contributed by atoms with Crippen molar-refractivity contribution in [3.05, 3.63) is 41.0 Å². The second kappa shape index (κ2) is 6.82. The molecule has 0 radical (unpaired) electrons. The van der Waals surface area contributed by atoms with Gasteiger partial charge in [-0.3, -0.25) is 24.6 Å². The molecule has 1 aliphatic heterocycles. The molecule has 10 heteroatoms. The molecule has 2 aromatic heterocycles. The van der Waals surface area contributed by atoms with Crippen LogP contribution in [0.2, 0.25) is 0 Å². The lowest BCUT2D eigenvalue weighted by molar-refractivity contribution is -0.123. The van der Waals surface area contributed by atoms with Crippen molar-refractivity contribution in [2.24, 2.45) is 0 Å². The zero-order valence-electron chi connectivity index (χ0n) is 14.8. The average Bonchev–Trinajstić information content (AvgIpc) is 3.25. The van der Waals surface area contributed by atoms with E-state index in [0.29, 0.717) is 33.4 Å². The monoisotopic (exact) mass is 398 g/mol. The van der Waals surface area contributed by atoms with Crippen LogP contribution >= 0.6 is 11.3 Å². The van der Waals surface area contributed by atoms with Gasteiger partial charge in [0, 0.05) is 23.2 Å². The van der Waals surface area contributed by atoms with Crippen LogP contribution in [0.4, 0.5) is 4.79 Å². The minimum Gasteiger partial charge on any atom is -0.497 e. The molecular weight excluding hydrogens is 384 g/mol. The summed E-state index contributed by atoms with van der Waals surface area (Å²) in [4.78, 5) is 40.9. The molecule has 0 bridgehead atoms. The van der Waals surface area contributed by atoms with E-state index in [2.05, 4.69) is 15.6 Å². The molecule has 3 aromatic rings. The van der Waals surface area contributed by atoms with E-state index in [4.69, 9.17) is 9.47 Å². The van der Waals surface area contributed by atoms with Gasteiger partial charge >= 0.3 is 6.03 Å². The van der Waals surface area contributed by atoms with E-state index in [1.807, 2.05) is 5.38 Å². The van der Waals surface area contributed by atoms with Gasteiger partial charge in [-0.05, 0) is 18.2 Å². The van der Waals surface area contributed by atoms with E-state index >= 15 is 0 Å². The Kier molecular flexibility index (Phi) is 4.32. The van der Waals surface area contributed by atoms with Crippen LogP contribution in [-0.2, 0) is 9.59 Å². The molecule has 1 saturated heterocycles. The van der Waals surface area contributed by atoms with Gasteiger partial charge in [0.05, 0.1) is 19.9 Å². The molecule has 28 heavy (non-hydrogen) atoms. The van der Waals surface area contributed by atoms with Gasteiger partial charge in [0.2, 0.25) is 0 Å². The third-order valence-electron chi connectivity index (χ3n) is 4.19. The molecule has 0 unspecified atom stereocenters. The third kappa shape index (κ3) is 2.89. The van der Waals surface area contributed by atoms with Crippen LogP contribution in [0.15, 0.2) is 35.3 Å². The van der Waals surface area contributed by atoms with Crippen LogP contribution < -0.4 is 20.1 Å². The molecular formula is C18H14N4O5S. The van der Waals surface area contributed by atoms with E-state index in [9.17, 15) is 14.4 Å². The summed E-state index contributed by atoms with van der Waals surface area (Å²) >= 11 is 1.40. The first-order valence-corrected chi connectivity index (χ1v) is 8.96. The molecule has 3 heterocycles. The number of amides is 4. The Bertz CT molecular complexity index is 1140. The Morgan fingerprint density at radius 3 is 2.54 bits per heavy atom. The largest absolute Gasteiger partial charge is 0.497 e. The van der Waals surface area contributed by atoms with Crippen LogP contribution in [0.25, 0.3) is 22.3 Å². The van der Waals surface area contributed by atoms with Gasteiger partial charge in [-0.2, -0.15) is 0 Å². The number of carbonyl (C=O) groups excluding carboxylic acids is 3. The Morgan fingerprint density at radius 1 is 1.11 bits per heavy atom. The number of fused-ring (bicyclic) bond motifs is 1. The van der Waals surface area contributed by atoms with Crippen molar-refractivity contribution in [1.82, 2.24) is 20.0 Å². The molecule has 142 valence electrons. The molecule has 4 rings (SSSR count). The fourth-order valence-corrected chi connectivity index (χ4v) is 3.60. The number of thiazole rings is 1. The molecule has 2 N–H and O–H groups in total. The second-order valence-corrected chi connectivity index (χ2v) is 6.64. The number of urea groups is 1. The number of methoxy groups -OCH3 is 2. The lowest BCUT2D eigenvalue weighted by Crippen LogP contribution is -2.51. The normalized spacial score (nSPS) is 14.1. The number of hydrogen-bond acceptors (Lipinski definition) is 7. The first-order valence-electron chi connectivity index (χ1n) is 8.08. The van der Waals surface area contributed by atoms with Crippen molar-refractivity contribution in [3.8, 4) is 22.8 Å². The summed E-state index contributed by atoms with van der Waals surface area (Å²) in [6.07, 6.45) is 3.19. The molecule has 0 atom stereocenters. The fraction of sp³-hybridized carbons (Fsp3) is 0.111. The molecule has 1 aliphatic rings. The number of benzene rings is 1. The zero-order chi connectivity index (χ0) is 19.8. The van der Waals surface area contributed by atoms with Crippen molar-refractivity contribution in [2.45, 2.75) is 0 Å². The van der Waals surface area contributed by atoms with Gasteiger partial charge < -0.3 is 9.47 Å². The van der Waals surface area contributed by atoms with Gasteiger partial charge in [0.1, 0.15) is 22.8 Å². The highest BCUT2D eigenvalue weighted by atomic mass is 32.1. The Hall–Kier alpha value is -3.66. The molecule has 9 nitrogen and oxygen atoms in total. The van der Waals surface area contributed by atoms with Crippen LogP contribution in [-0.4, -0.2) is 41.4 Å². The molecule has 0 aliphatic carbocycles. The minimum atomic E-state index is -0.849. The second-order valence-electron chi connectivity index (χ2n) is 5.76. The number of aromatic nitrogens is 2. The number of ether oxygens (including phenoxy) is 2. The van der Waals surface area contributed by atoms with Gasteiger partial charge in [-0.1, -0.05) is 0 Å². The third-order valence-corrected chi connectivity index (χ3v) is 4.94. The number of nitrogens with one attached hydrogen (secondary N) is 2. The summed E-state index contributed by atoms with van der Waals surface area (Å²) in [5, 5.41) is 5.97. The number of barbiturate groups is 1. The van der Waals surface area contributed by atoms with Gasteiger partial charge in [-0.25, -0.2) is 9.78 Å². The number of imidazole rings is 1. The first kappa shape index (κ1) is 17.7. The van der Waals surface area contributed by atoms with Crippen LogP contribution in [0.3, 0.4) is 0 Å². The minimum absolute atomic E-state index is 0.193. The maximum atomic E-state index is 12.1. The lowest BCUT2D eigenvalue weighted by atomic mass is 10.1. The lowest BCUT2D eigenvalue weighted by Gasteiger charge is -2.14. The van der Waals surface area contributed by atoms with E-state index < -0.39 is 17.8 Å². The molecule has 0 spiro atoms. The highest BCUT2D eigenvalue weighted by Crippen LogP contribution is 2.36. The summed E-state index contributed by atoms with van der Waals surface area (Å²) in [6.45, 7) is 0. The van der Waals surface area contributed by atoms with Crippen molar-refractivity contribution in [3.63, 3.8) is 0 Å². The van der Waals surface area contributed by atoms with E-state index in [0.717, 1.165) is 0 Å². The van der Waals surface area contributed by atoms with E-state index in [1.54, 1.807) is 35.9 Å². The Morgan fingerprint density at radius 2 is 1.86 bits per heavy atom. The summed E-state index contributed by atoms with van der Waals surface area (Å²) in [5.41, 5.74) is 1.51. The number of carbonyl (C=O) groups is 3. The first-order chi connectivity index (χ1) is 13.5. The number of imide groups is 2. The smallest absolute Gasteiger partial charge is 0.328 e. The summed E-state index contributed by atoms with van der Waals surface area (Å²) in [6, 6.07) is 4.42. The molecule has 0 saturated carbocycles. The van der Waals surface area contributed by atoms with Crippen molar-refractivity contribution < 1.29 is 23.9 Å². The Balaban J connectivity index is 1.92. The van der Waals surface area contributed by atoms with Crippen LogP contribution in [0, 0.1) is 0 Å². The highest BCUT2D eigenvalue weighted by Gasteiger charge is 2.29. The van der Waals surface area contributed by atoms with Crippen LogP contribution in [0.1, 0.15) is 5.69 Å². The maximum absolute atomic E-state index is 12.1. The summed E-state index contributed by atoms with van der Waals surface area (Å²) in [5.74, 6) is -0.401. The standard InChI is InChI=1S/C18H14N4O5S/c1-26-9-3-4-10(13(7-9)27-2)14-12(22-5-6-28-18(22)19-14)8-11-15(23)20-17(25)21-16(11)24/h3-8H,1-2H3,(H2,20,21,23,24,25). The zero-order valence-corrected chi connectivity index (χ0v) is 15.6. The fourth-order valence-electron chi connectivity index (χ4n) is 2.88. The maximum Gasteiger partial charge on any atom is 0.328 e. The Labute approximate surface area is 162 Å². The van der Waals surface area contributed by atoms with Crippen molar-refractivity contribution in [1.29, 1.82) is 0 Å². The van der Waals surface area contributed by atoms with Crippen molar-refractivity contribution >= 4 is 40.2 Å². The average molecular weight is 398 g/mol.